The Morgan fingerprint density at radius 3 is 2.52 bits per heavy atom. The van der Waals surface area contributed by atoms with Crippen LogP contribution >= 0.6 is 0 Å². The molecule has 4 N–H and O–H groups in total. The summed E-state index contributed by atoms with van der Waals surface area (Å²) in [5, 5.41) is 10.5. The molecule has 2 aromatic heterocycles. The van der Waals surface area contributed by atoms with Crippen LogP contribution in [0.15, 0.2) is 60.7 Å². The summed E-state index contributed by atoms with van der Waals surface area (Å²) in [6.07, 6.45) is 7.41. The first-order valence-corrected chi connectivity index (χ1v) is 6.75. The van der Waals surface area contributed by atoms with E-state index in [1.807, 2.05) is 0 Å². The maximum absolute atomic E-state index is 12.1. The predicted molar refractivity (Wildman–Crippen MR) is 84.4 cm³/mol. The molecule has 0 aromatic carbocycles. The van der Waals surface area contributed by atoms with Gasteiger partial charge in [-0.3, -0.25) is 19.6 Å². The number of amides is 2. The summed E-state index contributed by atoms with van der Waals surface area (Å²) < 4.78 is 0. The van der Waals surface area contributed by atoms with Crippen molar-refractivity contribution in [2.45, 2.75) is 6.54 Å². The van der Waals surface area contributed by atoms with E-state index in [1.165, 1.54) is 12.4 Å². The first kappa shape index (κ1) is 16.0. The van der Waals surface area contributed by atoms with Gasteiger partial charge in [-0.1, -0.05) is 6.07 Å². The van der Waals surface area contributed by atoms with Gasteiger partial charge in [-0.2, -0.15) is 0 Å². The number of pyridine rings is 2. The SMILES string of the molecule is N=C(/C=C(\C(N)=O)C(=O)NCc1cccnc1)c1ccncc1. The highest BCUT2D eigenvalue weighted by Crippen LogP contribution is 2.04. The van der Waals surface area contributed by atoms with Crippen molar-refractivity contribution in [1.82, 2.24) is 15.3 Å². The molecular weight excluding hydrogens is 294 g/mol. The van der Waals surface area contributed by atoms with Gasteiger partial charge in [0.25, 0.3) is 11.8 Å². The maximum atomic E-state index is 12.1. The number of carbonyl (C=O) groups excluding carboxylic acids is 2. The number of primary amides is 1. The van der Waals surface area contributed by atoms with Crippen molar-refractivity contribution in [2.24, 2.45) is 5.73 Å². The summed E-state index contributed by atoms with van der Waals surface area (Å²) >= 11 is 0. The van der Waals surface area contributed by atoms with Gasteiger partial charge in [0, 0.05) is 36.9 Å². The third-order valence-electron chi connectivity index (χ3n) is 2.97. The molecule has 0 saturated heterocycles. The average molecular weight is 309 g/mol. The van der Waals surface area contributed by atoms with Crippen LogP contribution in [0.4, 0.5) is 0 Å². The summed E-state index contributed by atoms with van der Waals surface area (Å²) in [5.74, 6) is -1.53. The van der Waals surface area contributed by atoms with E-state index in [0.29, 0.717) is 5.56 Å². The van der Waals surface area contributed by atoms with Gasteiger partial charge in [0.05, 0.1) is 5.71 Å². The highest BCUT2D eigenvalue weighted by atomic mass is 16.2. The van der Waals surface area contributed by atoms with Gasteiger partial charge in [-0.05, 0) is 29.8 Å². The molecule has 0 radical (unpaired) electrons. The van der Waals surface area contributed by atoms with Crippen LogP contribution < -0.4 is 11.1 Å². The molecule has 2 rings (SSSR count). The molecule has 0 atom stereocenters. The lowest BCUT2D eigenvalue weighted by Gasteiger charge is -2.07. The molecule has 2 amide bonds. The molecule has 0 aliphatic rings. The summed E-state index contributed by atoms with van der Waals surface area (Å²) in [7, 11) is 0. The second kappa shape index (κ2) is 7.60. The van der Waals surface area contributed by atoms with Crippen molar-refractivity contribution in [3.8, 4) is 0 Å². The average Bonchev–Trinajstić information content (AvgIpc) is 2.58. The Balaban J connectivity index is 2.11. The second-order valence-electron chi connectivity index (χ2n) is 4.62. The Bertz CT molecular complexity index is 742. The number of hydrogen-bond donors (Lipinski definition) is 3. The zero-order valence-electron chi connectivity index (χ0n) is 12.2. The van der Waals surface area contributed by atoms with E-state index in [9.17, 15) is 9.59 Å². The number of nitrogens with zero attached hydrogens (tertiary/aromatic N) is 2. The van der Waals surface area contributed by atoms with Gasteiger partial charge in [-0.15, -0.1) is 0 Å². The lowest BCUT2D eigenvalue weighted by molar-refractivity contribution is -0.122. The van der Waals surface area contributed by atoms with Crippen LogP contribution in [-0.2, 0) is 16.1 Å². The monoisotopic (exact) mass is 309 g/mol. The molecule has 0 aliphatic heterocycles. The maximum Gasteiger partial charge on any atom is 0.257 e. The van der Waals surface area contributed by atoms with Gasteiger partial charge in [0.2, 0.25) is 0 Å². The minimum absolute atomic E-state index is 0.00210. The smallest absolute Gasteiger partial charge is 0.257 e. The van der Waals surface area contributed by atoms with Crippen LogP contribution in [0.25, 0.3) is 0 Å². The third-order valence-corrected chi connectivity index (χ3v) is 2.97. The summed E-state index contributed by atoms with van der Waals surface area (Å²) in [4.78, 5) is 31.4. The number of allylic oxidation sites excluding steroid dienone is 1. The molecule has 23 heavy (non-hydrogen) atoms. The summed E-state index contributed by atoms with van der Waals surface area (Å²) in [6.45, 7) is 0.208. The van der Waals surface area contributed by atoms with E-state index in [0.717, 1.165) is 11.6 Å². The van der Waals surface area contributed by atoms with Crippen molar-refractivity contribution in [3.63, 3.8) is 0 Å². The van der Waals surface area contributed by atoms with Crippen LogP contribution in [0.1, 0.15) is 11.1 Å². The predicted octanol–water partition coefficient (Wildman–Crippen LogP) is 0.573. The van der Waals surface area contributed by atoms with Crippen LogP contribution in [0.5, 0.6) is 0 Å². The first-order valence-electron chi connectivity index (χ1n) is 6.75. The molecule has 116 valence electrons. The molecule has 0 bridgehead atoms. The zero-order chi connectivity index (χ0) is 16.7. The van der Waals surface area contributed by atoms with Crippen molar-refractivity contribution < 1.29 is 9.59 Å². The van der Waals surface area contributed by atoms with E-state index < -0.39 is 11.8 Å². The fourth-order valence-electron chi connectivity index (χ4n) is 1.79. The molecule has 0 unspecified atom stereocenters. The van der Waals surface area contributed by atoms with Gasteiger partial charge < -0.3 is 16.5 Å². The fraction of sp³-hybridized carbons (Fsp3) is 0.0625. The van der Waals surface area contributed by atoms with Crippen LogP contribution in [0, 0.1) is 5.41 Å². The molecule has 7 heteroatoms. The molecule has 0 aliphatic carbocycles. The van der Waals surface area contributed by atoms with E-state index in [1.54, 1.807) is 36.7 Å². The van der Waals surface area contributed by atoms with Gasteiger partial charge >= 0.3 is 0 Å². The quantitative estimate of drug-likeness (QED) is 0.312. The van der Waals surface area contributed by atoms with E-state index >= 15 is 0 Å². The van der Waals surface area contributed by atoms with Crippen molar-refractivity contribution in [3.05, 3.63) is 71.8 Å². The van der Waals surface area contributed by atoms with E-state index in [4.69, 9.17) is 11.1 Å². The third kappa shape index (κ3) is 4.57. The van der Waals surface area contributed by atoms with Crippen LogP contribution in [-0.4, -0.2) is 27.5 Å². The van der Waals surface area contributed by atoms with Crippen molar-refractivity contribution in [2.75, 3.05) is 0 Å². The second-order valence-corrected chi connectivity index (χ2v) is 4.62. The summed E-state index contributed by atoms with van der Waals surface area (Å²) in [5.41, 5.74) is 6.27. The standard InChI is InChI=1S/C16H15N5O2/c17-14(12-3-6-19-7-4-12)8-13(15(18)22)16(23)21-10-11-2-1-5-20-9-11/h1-9,17H,10H2,(H2,18,22)(H,21,23)/b13-8+,17-14?. The number of nitrogens with one attached hydrogen (secondary N) is 2. The summed E-state index contributed by atoms with van der Waals surface area (Å²) in [6, 6.07) is 6.74. The zero-order valence-corrected chi connectivity index (χ0v) is 12.2. The largest absolute Gasteiger partial charge is 0.365 e. The number of hydrogen-bond acceptors (Lipinski definition) is 5. The number of carbonyl (C=O) groups is 2. The highest BCUT2D eigenvalue weighted by Gasteiger charge is 2.16. The Morgan fingerprint density at radius 1 is 1.17 bits per heavy atom. The molecule has 2 aromatic rings. The number of aromatic nitrogens is 2. The topological polar surface area (TPSA) is 122 Å². The number of rotatable bonds is 6. The van der Waals surface area contributed by atoms with Crippen molar-refractivity contribution >= 4 is 17.5 Å². The van der Waals surface area contributed by atoms with Gasteiger partial charge in [0.1, 0.15) is 5.57 Å². The Labute approximate surface area is 132 Å². The Hall–Kier alpha value is -3.35. The lowest BCUT2D eigenvalue weighted by Crippen LogP contribution is -2.31. The lowest BCUT2D eigenvalue weighted by atomic mass is 10.1. The normalized spacial score (nSPS) is 10.9. The minimum Gasteiger partial charge on any atom is -0.365 e. The van der Waals surface area contributed by atoms with Gasteiger partial charge in [-0.25, -0.2) is 0 Å². The van der Waals surface area contributed by atoms with E-state index in [-0.39, 0.29) is 17.8 Å². The fourth-order valence-corrected chi connectivity index (χ4v) is 1.79. The molecule has 7 nitrogen and oxygen atoms in total. The Morgan fingerprint density at radius 2 is 1.91 bits per heavy atom. The first-order chi connectivity index (χ1) is 11.1. The van der Waals surface area contributed by atoms with E-state index in [2.05, 4.69) is 15.3 Å². The molecule has 0 saturated carbocycles. The van der Waals surface area contributed by atoms with Crippen LogP contribution in [0.2, 0.25) is 0 Å². The molecule has 0 fully saturated rings. The number of nitrogens with two attached hydrogens (primary N) is 1. The van der Waals surface area contributed by atoms with Crippen LogP contribution in [0.3, 0.4) is 0 Å². The highest BCUT2D eigenvalue weighted by molar-refractivity contribution is 6.23. The minimum atomic E-state index is -0.896. The Kier molecular flexibility index (Phi) is 5.30. The van der Waals surface area contributed by atoms with Gasteiger partial charge in [0.15, 0.2) is 0 Å². The van der Waals surface area contributed by atoms with Crippen molar-refractivity contribution in [1.29, 1.82) is 5.41 Å². The molecule has 2 heterocycles. The molecule has 0 spiro atoms. The molecular formula is C16H15N5O2.